The molecule has 0 radical (unpaired) electrons. The molecular weight excluding hydrogens is 361 g/mol. The second kappa shape index (κ2) is 5.46. The van der Waals surface area contributed by atoms with E-state index in [2.05, 4.69) is 26.1 Å². The number of nitrogens with zero attached hydrogens (tertiary/aromatic N) is 2. The Balaban J connectivity index is 2.05. The molecule has 0 aliphatic heterocycles. The average molecular weight is 369 g/mol. The highest BCUT2D eigenvalue weighted by Gasteiger charge is 2.14. The van der Waals surface area contributed by atoms with Gasteiger partial charge in [0.1, 0.15) is 5.82 Å². The molecule has 106 valence electrons. The monoisotopic (exact) mass is 367 g/mol. The molecule has 0 atom stereocenters. The van der Waals surface area contributed by atoms with Crippen molar-refractivity contribution in [2.45, 2.75) is 0 Å². The molecule has 2 N–H and O–H groups in total. The van der Waals surface area contributed by atoms with Gasteiger partial charge < -0.3 is 10.3 Å². The van der Waals surface area contributed by atoms with Crippen LogP contribution in [-0.2, 0) is 0 Å². The fourth-order valence-corrected chi connectivity index (χ4v) is 2.48. The number of aromatic nitrogens is 2. The van der Waals surface area contributed by atoms with Crippen molar-refractivity contribution in [2.24, 2.45) is 0 Å². The first kappa shape index (κ1) is 14.0. The largest absolute Gasteiger partial charge is 0.398 e. The lowest BCUT2D eigenvalue weighted by Crippen LogP contribution is -1.90. The Morgan fingerprint density at radius 3 is 2.76 bits per heavy atom. The van der Waals surface area contributed by atoms with Crippen LogP contribution < -0.4 is 5.73 Å². The van der Waals surface area contributed by atoms with Gasteiger partial charge in [-0.1, -0.05) is 32.7 Å². The lowest BCUT2D eigenvalue weighted by Gasteiger charge is -2.00. The minimum atomic E-state index is -0.395. The summed E-state index contributed by atoms with van der Waals surface area (Å²) in [5, 5.41) is 4.35. The molecule has 0 spiro atoms. The maximum Gasteiger partial charge on any atom is 0.260 e. The first-order chi connectivity index (χ1) is 10.0. The molecule has 3 rings (SSSR count). The SMILES string of the molecule is Nc1ccc(Cl)cc1-c1nc(-c2cc(F)cc(Br)c2)no1. The summed E-state index contributed by atoms with van der Waals surface area (Å²) in [6, 6.07) is 9.32. The topological polar surface area (TPSA) is 64.9 Å². The van der Waals surface area contributed by atoms with Gasteiger partial charge in [0.2, 0.25) is 5.82 Å². The molecule has 1 heterocycles. The number of nitrogen functional groups attached to an aromatic ring is 1. The molecule has 0 aliphatic carbocycles. The number of rotatable bonds is 2. The van der Waals surface area contributed by atoms with Gasteiger partial charge >= 0.3 is 0 Å². The molecular formula is C14H8BrClFN3O. The summed E-state index contributed by atoms with van der Waals surface area (Å²) in [6.07, 6.45) is 0. The molecule has 0 fully saturated rings. The number of nitrogens with two attached hydrogens (primary N) is 1. The van der Waals surface area contributed by atoms with Crippen molar-refractivity contribution in [1.29, 1.82) is 0 Å². The highest BCUT2D eigenvalue weighted by atomic mass is 79.9. The van der Waals surface area contributed by atoms with Gasteiger partial charge in [-0.2, -0.15) is 4.98 Å². The van der Waals surface area contributed by atoms with Crippen LogP contribution in [0.4, 0.5) is 10.1 Å². The molecule has 4 nitrogen and oxygen atoms in total. The zero-order valence-corrected chi connectivity index (χ0v) is 12.8. The second-order valence-corrected chi connectivity index (χ2v) is 5.66. The molecule has 2 aromatic carbocycles. The van der Waals surface area contributed by atoms with E-state index < -0.39 is 5.82 Å². The van der Waals surface area contributed by atoms with E-state index in [1.165, 1.54) is 12.1 Å². The van der Waals surface area contributed by atoms with Gasteiger partial charge in [0.25, 0.3) is 5.89 Å². The fraction of sp³-hybridized carbons (Fsp3) is 0. The lowest BCUT2D eigenvalue weighted by atomic mass is 10.2. The van der Waals surface area contributed by atoms with Crippen LogP contribution in [-0.4, -0.2) is 10.1 Å². The van der Waals surface area contributed by atoms with Gasteiger partial charge in [-0.05, 0) is 36.4 Å². The summed E-state index contributed by atoms with van der Waals surface area (Å²) in [5.74, 6) is 0.1000. The Morgan fingerprint density at radius 2 is 2.00 bits per heavy atom. The third-order valence-corrected chi connectivity index (χ3v) is 3.49. The van der Waals surface area contributed by atoms with Crippen molar-refractivity contribution >= 4 is 33.2 Å². The number of halogens is 3. The van der Waals surface area contributed by atoms with E-state index in [1.807, 2.05) is 0 Å². The zero-order chi connectivity index (χ0) is 15.0. The summed E-state index contributed by atoms with van der Waals surface area (Å²) in [6.45, 7) is 0. The Bertz CT molecular complexity index is 801. The van der Waals surface area contributed by atoms with E-state index in [9.17, 15) is 4.39 Å². The van der Waals surface area contributed by atoms with Crippen LogP contribution in [0.2, 0.25) is 5.02 Å². The predicted molar refractivity (Wildman–Crippen MR) is 82.3 cm³/mol. The van der Waals surface area contributed by atoms with E-state index in [0.717, 1.165) is 0 Å². The molecule has 0 saturated heterocycles. The Hall–Kier alpha value is -1.92. The summed E-state index contributed by atoms with van der Waals surface area (Å²) < 4.78 is 19.2. The third kappa shape index (κ3) is 2.91. The molecule has 0 aliphatic rings. The van der Waals surface area contributed by atoms with Gasteiger partial charge in [0.05, 0.1) is 5.56 Å². The zero-order valence-electron chi connectivity index (χ0n) is 10.5. The van der Waals surface area contributed by atoms with Crippen LogP contribution in [0.25, 0.3) is 22.8 Å². The highest BCUT2D eigenvalue weighted by molar-refractivity contribution is 9.10. The standard InChI is InChI=1S/C14H8BrClFN3O/c15-8-3-7(4-10(17)5-8)13-19-14(21-20-13)11-6-9(16)1-2-12(11)18/h1-6H,18H2. The van der Waals surface area contributed by atoms with Gasteiger partial charge in [-0.3, -0.25) is 0 Å². The van der Waals surface area contributed by atoms with E-state index in [1.54, 1.807) is 24.3 Å². The summed E-state index contributed by atoms with van der Waals surface area (Å²) >= 11 is 9.15. The molecule has 0 amide bonds. The maximum atomic E-state index is 13.4. The van der Waals surface area contributed by atoms with Crippen molar-refractivity contribution in [1.82, 2.24) is 10.1 Å². The first-order valence-corrected chi connectivity index (χ1v) is 7.05. The van der Waals surface area contributed by atoms with Crippen LogP contribution in [0.1, 0.15) is 0 Å². The van der Waals surface area contributed by atoms with Crippen molar-refractivity contribution < 1.29 is 8.91 Å². The van der Waals surface area contributed by atoms with Crippen molar-refractivity contribution in [2.75, 3.05) is 5.73 Å². The number of hydrogen-bond donors (Lipinski definition) is 1. The van der Waals surface area contributed by atoms with E-state index in [4.69, 9.17) is 21.9 Å². The van der Waals surface area contributed by atoms with Crippen molar-refractivity contribution in [3.8, 4) is 22.8 Å². The summed E-state index contributed by atoms with van der Waals surface area (Å²) in [4.78, 5) is 4.23. The number of benzene rings is 2. The molecule has 7 heteroatoms. The summed E-state index contributed by atoms with van der Waals surface area (Å²) in [5.41, 5.74) is 7.37. The van der Waals surface area contributed by atoms with Crippen LogP contribution in [0.15, 0.2) is 45.4 Å². The van der Waals surface area contributed by atoms with Gasteiger partial charge in [-0.15, -0.1) is 0 Å². The van der Waals surface area contributed by atoms with E-state index >= 15 is 0 Å². The lowest BCUT2D eigenvalue weighted by molar-refractivity contribution is 0.432. The third-order valence-electron chi connectivity index (χ3n) is 2.79. The number of hydrogen-bond acceptors (Lipinski definition) is 4. The van der Waals surface area contributed by atoms with Crippen LogP contribution in [0.3, 0.4) is 0 Å². The predicted octanol–water partition coefficient (Wildman–Crippen LogP) is 4.54. The molecule has 3 aromatic rings. The van der Waals surface area contributed by atoms with Crippen molar-refractivity contribution in [3.05, 3.63) is 51.7 Å². The Labute approximate surface area is 132 Å². The molecule has 0 saturated carbocycles. The quantitative estimate of drug-likeness (QED) is 0.674. The number of anilines is 1. The first-order valence-electron chi connectivity index (χ1n) is 5.88. The van der Waals surface area contributed by atoms with Gasteiger partial charge in [0, 0.05) is 20.7 Å². The fourth-order valence-electron chi connectivity index (χ4n) is 1.85. The average Bonchev–Trinajstić information content (AvgIpc) is 2.90. The molecule has 0 unspecified atom stereocenters. The Morgan fingerprint density at radius 1 is 1.19 bits per heavy atom. The van der Waals surface area contributed by atoms with Gasteiger partial charge in [0.15, 0.2) is 0 Å². The molecule has 1 aromatic heterocycles. The molecule has 0 bridgehead atoms. The maximum absolute atomic E-state index is 13.4. The Kier molecular flexibility index (Phi) is 3.65. The smallest absolute Gasteiger partial charge is 0.260 e. The highest BCUT2D eigenvalue weighted by Crippen LogP contribution is 2.30. The van der Waals surface area contributed by atoms with Gasteiger partial charge in [-0.25, -0.2) is 4.39 Å². The normalized spacial score (nSPS) is 10.8. The summed E-state index contributed by atoms with van der Waals surface area (Å²) in [7, 11) is 0. The van der Waals surface area contributed by atoms with Crippen LogP contribution >= 0.6 is 27.5 Å². The minimum Gasteiger partial charge on any atom is -0.398 e. The van der Waals surface area contributed by atoms with Crippen LogP contribution in [0, 0.1) is 5.82 Å². The minimum absolute atomic E-state index is 0.227. The van der Waals surface area contributed by atoms with E-state index in [-0.39, 0.29) is 11.7 Å². The molecule has 21 heavy (non-hydrogen) atoms. The van der Waals surface area contributed by atoms with E-state index in [0.29, 0.717) is 26.3 Å². The van der Waals surface area contributed by atoms with Crippen molar-refractivity contribution in [3.63, 3.8) is 0 Å². The second-order valence-electron chi connectivity index (χ2n) is 4.31. The van der Waals surface area contributed by atoms with Crippen LogP contribution in [0.5, 0.6) is 0 Å².